The number of carbonyl (C=O) groups is 3. The normalized spacial score (nSPS) is 12.7. The number of nitriles is 1. The number of thioether (sulfide) groups is 1. The molecule has 7 heteroatoms. The fourth-order valence-corrected chi connectivity index (χ4v) is 3.30. The molecule has 0 atom stereocenters. The van der Waals surface area contributed by atoms with Gasteiger partial charge in [-0.2, -0.15) is 17.0 Å². The SMILES string of the molecule is N#Cc1ccc(NC(=O)CSCCN2C(=O)c3ccccc3C2=O)cc1. The van der Waals surface area contributed by atoms with E-state index in [1.54, 1.807) is 48.5 Å². The molecule has 1 N–H and O–H groups in total. The summed E-state index contributed by atoms with van der Waals surface area (Å²) in [4.78, 5) is 37.6. The number of hydrogen-bond acceptors (Lipinski definition) is 5. The highest BCUT2D eigenvalue weighted by molar-refractivity contribution is 7.99. The molecule has 0 aliphatic carbocycles. The molecule has 0 spiro atoms. The molecule has 0 saturated carbocycles. The van der Waals surface area contributed by atoms with Crippen molar-refractivity contribution < 1.29 is 14.4 Å². The highest BCUT2D eigenvalue weighted by Gasteiger charge is 2.34. The number of rotatable bonds is 6. The van der Waals surface area contributed by atoms with Crippen molar-refractivity contribution in [3.63, 3.8) is 0 Å². The first kappa shape index (κ1) is 17.7. The molecule has 0 saturated heterocycles. The van der Waals surface area contributed by atoms with Crippen LogP contribution >= 0.6 is 11.8 Å². The Kier molecular flexibility index (Phi) is 5.34. The minimum atomic E-state index is -0.284. The lowest BCUT2D eigenvalue weighted by atomic mass is 10.1. The molecule has 2 aromatic carbocycles. The Balaban J connectivity index is 1.44. The van der Waals surface area contributed by atoms with E-state index in [-0.39, 0.29) is 30.0 Å². The highest BCUT2D eigenvalue weighted by Crippen LogP contribution is 2.22. The third kappa shape index (κ3) is 3.76. The third-order valence-electron chi connectivity index (χ3n) is 3.87. The van der Waals surface area contributed by atoms with Gasteiger partial charge in [-0.1, -0.05) is 12.1 Å². The zero-order chi connectivity index (χ0) is 18.5. The third-order valence-corrected chi connectivity index (χ3v) is 4.81. The van der Waals surface area contributed by atoms with Crippen molar-refractivity contribution >= 4 is 35.2 Å². The second-order valence-electron chi connectivity index (χ2n) is 5.60. The van der Waals surface area contributed by atoms with Crippen molar-refractivity contribution in [2.75, 3.05) is 23.4 Å². The molecule has 1 heterocycles. The first-order valence-corrected chi connectivity index (χ1v) is 9.08. The second kappa shape index (κ2) is 7.85. The molecule has 0 radical (unpaired) electrons. The van der Waals surface area contributed by atoms with Crippen molar-refractivity contribution in [1.29, 1.82) is 5.26 Å². The summed E-state index contributed by atoms with van der Waals surface area (Å²) in [7, 11) is 0. The lowest BCUT2D eigenvalue weighted by Crippen LogP contribution is -2.32. The van der Waals surface area contributed by atoms with Gasteiger partial charge >= 0.3 is 0 Å². The van der Waals surface area contributed by atoms with Crippen molar-refractivity contribution in [3.05, 3.63) is 65.2 Å². The molecule has 26 heavy (non-hydrogen) atoms. The van der Waals surface area contributed by atoms with Gasteiger partial charge in [0.05, 0.1) is 28.5 Å². The maximum atomic E-state index is 12.2. The topological polar surface area (TPSA) is 90.3 Å². The van der Waals surface area contributed by atoms with Gasteiger partial charge in [-0.25, -0.2) is 0 Å². The summed E-state index contributed by atoms with van der Waals surface area (Å²) in [5.74, 6) is -0.0568. The van der Waals surface area contributed by atoms with Crippen LogP contribution < -0.4 is 5.32 Å². The molecule has 130 valence electrons. The maximum Gasteiger partial charge on any atom is 0.261 e. The molecule has 3 rings (SSSR count). The largest absolute Gasteiger partial charge is 0.325 e. The number of benzene rings is 2. The van der Waals surface area contributed by atoms with Crippen molar-refractivity contribution in [1.82, 2.24) is 4.90 Å². The summed E-state index contributed by atoms with van der Waals surface area (Å²) in [6, 6.07) is 15.4. The standard InChI is InChI=1S/C19H15N3O3S/c20-11-13-5-7-14(8-6-13)21-17(23)12-26-10-9-22-18(24)15-3-1-2-4-16(15)19(22)25/h1-8H,9-10,12H2,(H,21,23). The van der Waals surface area contributed by atoms with Crippen LogP contribution in [0.15, 0.2) is 48.5 Å². The van der Waals surface area contributed by atoms with E-state index in [4.69, 9.17) is 5.26 Å². The summed E-state index contributed by atoms with van der Waals surface area (Å²) >= 11 is 1.35. The lowest BCUT2D eigenvalue weighted by molar-refractivity contribution is -0.113. The Labute approximate surface area is 154 Å². The number of amides is 3. The van der Waals surface area contributed by atoms with Crippen molar-refractivity contribution in [3.8, 4) is 6.07 Å². The van der Waals surface area contributed by atoms with Crippen LogP contribution in [0.3, 0.4) is 0 Å². The number of hydrogen-bond donors (Lipinski definition) is 1. The van der Waals surface area contributed by atoms with Gasteiger partial charge in [-0.15, -0.1) is 0 Å². The molecule has 0 aromatic heterocycles. The Morgan fingerprint density at radius 1 is 1.04 bits per heavy atom. The molecular formula is C19H15N3O3S. The van der Waals surface area contributed by atoms with Gasteiger partial charge in [0, 0.05) is 18.0 Å². The van der Waals surface area contributed by atoms with E-state index in [9.17, 15) is 14.4 Å². The molecule has 1 aliphatic rings. The predicted molar refractivity (Wildman–Crippen MR) is 98.9 cm³/mol. The van der Waals surface area contributed by atoms with Gasteiger partial charge in [-0.05, 0) is 36.4 Å². The fourth-order valence-electron chi connectivity index (χ4n) is 2.59. The smallest absolute Gasteiger partial charge is 0.261 e. The van der Waals surface area contributed by atoms with Crippen LogP contribution in [0, 0.1) is 11.3 Å². The number of nitrogens with zero attached hydrogens (tertiary/aromatic N) is 2. The predicted octanol–water partition coefficient (Wildman–Crippen LogP) is 2.53. The summed E-state index contributed by atoms with van der Waals surface area (Å²) in [6.45, 7) is 0.265. The van der Waals surface area contributed by atoms with E-state index < -0.39 is 0 Å². The van der Waals surface area contributed by atoms with Crippen molar-refractivity contribution in [2.24, 2.45) is 0 Å². The van der Waals surface area contributed by atoms with Gasteiger partial charge in [0.1, 0.15) is 0 Å². The number of fused-ring (bicyclic) bond motifs is 1. The monoisotopic (exact) mass is 365 g/mol. The maximum absolute atomic E-state index is 12.2. The van der Waals surface area contributed by atoms with Crippen LogP contribution in [0.5, 0.6) is 0 Å². The van der Waals surface area contributed by atoms with Gasteiger partial charge in [0.25, 0.3) is 11.8 Å². The van der Waals surface area contributed by atoms with Crippen molar-refractivity contribution in [2.45, 2.75) is 0 Å². The molecule has 0 unspecified atom stereocenters. The summed E-state index contributed by atoms with van der Waals surface area (Å²) < 4.78 is 0. The van der Waals surface area contributed by atoms with E-state index in [0.29, 0.717) is 28.1 Å². The van der Waals surface area contributed by atoms with Crippen LogP contribution in [0.1, 0.15) is 26.3 Å². The Morgan fingerprint density at radius 3 is 2.23 bits per heavy atom. The van der Waals surface area contributed by atoms with Crippen LogP contribution in [0.25, 0.3) is 0 Å². The molecule has 6 nitrogen and oxygen atoms in total. The number of imide groups is 1. The van der Waals surface area contributed by atoms with E-state index in [2.05, 4.69) is 5.32 Å². The number of anilines is 1. The van der Waals surface area contributed by atoms with Gasteiger partial charge in [-0.3, -0.25) is 19.3 Å². The van der Waals surface area contributed by atoms with E-state index in [1.165, 1.54) is 16.7 Å². The van der Waals surface area contributed by atoms with Crippen LogP contribution in [-0.2, 0) is 4.79 Å². The molecule has 0 bridgehead atoms. The summed E-state index contributed by atoms with van der Waals surface area (Å²) in [5.41, 5.74) is 2.01. The van der Waals surface area contributed by atoms with Crippen LogP contribution in [0.4, 0.5) is 5.69 Å². The van der Waals surface area contributed by atoms with Gasteiger partial charge < -0.3 is 5.32 Å². The molecular weight excluding hydrogens is 350 g/mol. The van der Waals surface area contributed by atoms with E-state index >= 15 is 0 Å². The van der Waals surface area contributed by atoms with E-state index in [1.807, 2.05) is 6.07 Å². The molecule has 0 fully saturated rings. The Hall–Kier alpha value is -3.11. The van der Waals surface area contributed by atoms with Crippen LogP contribution in [-0.4, -0.2) is 40.7 Å². The van der Waals surface area contributed by atoms with Crippen LogP contribution in [0.2, 0.25) is 0 Å². The average molecular weight is 365 g/mol. The summed E-state index contributed by atoms with van der Waals surface area (Å²) in [5, 5.41) is 11.5. The first-order valence-electron chi connectivity index (χ1n) is 7.93. The van der Waals surface area contributed by atoms with Gasteiger partial charge in [0.15, 0.2) is 0 Å². The quantitative estimate of drug-likeness (QED) is 0.627. The zero-order valence-electron chi connectivity index (χ0n) is 13.8. The molecule has 3 amide bonds. The Bertz CT molecular complexity index is 868. The molecule has 1 aliphatic heterocycles. The summed E-state index contributed by atoms with van der Waals surface area (Å²) in [6.07, 6.45) is 0. The Morgan fingerprint density at radius 2 is 1.65 bits per heavy atom. The molecule has 2 aromatic rings. The van der Waals surface area contributed by atoms with Gasteiger partial charge in [0.2, 0.25) is 5.91 Å². The first-order chi connectivity index (χ1) is 12.6. The fraction of sp³-hybridized carbons (Fsp3) is 0.158. The zero-order valence-corrected chi connectivity index (χ0v) is 14.6. The number of carbonyl (C=O) groups excluding carboxylic acids is 3. The number of nitrogens with one attached hydrogen (secondary N) is 1. The minimum Gasteiger partial charge on any atom is -0.325 e. The minimum absolute atomic E-state index is 0.179. The van der Waals surface area contributed by atoms with E-state index in [0.717, 1.165) is 0 Å². The average Bonchev–Trinajstić information content (AvgIpc) is 2.91. The highest BCUT2D eigenvalue weighted by atomic mass is 32.2. The lowest BCUT2D eigenvalue weighted by Gasteiger charge is -2.13. The second-order valence-corrected chi connectivity index (χ2v) is 6.70.